The second-order valence-electron chi connectivity index (χ2n) is 2.14. The minimum Gasteiger partial charge on any atom is -0.379 e. The Bertz CT molecular complexity index is 67.2. The van der Waals surface area contributed by atoms with Crippen LogP contribution in [0.4, 0.5) is 0 Å². The zero-order chi connectivity index (χ0) is 7.28. The van der Waals surface area contributed by atoms with Crippen LogP contribution in [0, 0.1) is 0 Å². The highest BCUT2D eigenvalue weighted by atomic mass is 16.3. The summed E-state index contributed by atoms with van der Waals surface area (Å²) in [6, 6.07) is -0.0248. The maximum absolute atomic E-state index is 8.58. The van der Waals surface area contributed by atoms with Gasteiger partial charge < -0.3 is 22.3 Å². The first-order chi connectivity index (χ1) is 4.16. The lowest BCUT2D eigenvalue weighted by atomic mass is 10.1. The molecule has 0 aromatic heterocycles. The Hall–Kier alpha value is -0.160. The summed E-state index contributed by atoms with van der Waals surface area (Å²) in [6.45, 7) is 0.451. The van der Waals surface area contributed by atoms with E-state index in [1.54, 1.807) is 0 Å². The van der Waals surface area contributed by atoms with Crippen LogP contribution in [-0.2, 0) is 0 Å². The van der Waals surface area contributed by atoms with Crippen molar-refractivity contribution < 1.29 is 5.11 Å². The van der Waals surface area contributed by atoms with Crippen LogP contribution in [0.2, 0.25) is 0 Å². The van der Waals surface area contributed by atoms with Crippen LogP contribution in [0.1, 0.15) is 12.8 Å². The van der Waals surface area contributed by atoms with Gasteiger partial charge in [0, 0.05) is 12.6 Å². The number of nitrogens with two attached hydrogens (primary N) is 3. The molecule has 0 heterocycles. The van der Waals surface area contributed by atoms with Crippen LogP contribution in [0.25, 0.3) is 0 Å². The third kappa shape index (κ3) is 5.72. The third-order valence-electron chi connectivity index (χ3n) is 1.14. The minimum absolute atomic E-state index is 0.0248. The molecular formula is C5H15N3O. The van der Waals surface area contributed by atoms with Gasteiger partial charge in [0.05, 0.1) is 0 Å². The highest BCUT2D eigenvalue weighted by Crippen LogP contribution is 1.93. The standard InChI is InChI=1S/C5H15N3O/c6-3-4(7)1-2-5(8)9/h4-5,9H,1-3,6-8H2/t4?,5-/m0/s1. The monoisotopic (exact) mass is 133 g/mol. The molecule has 0 saturated heterocycles. The molecule has 0 aliphatic carbocycles. The van der Waals surface area contributed by atoms with Gasteiger partial charge in [0.2, 0.25) is 0 Å². The summed E-state index contributed by atoms with van der Waals surface area (Å²) < 4.78 is 0. The average Bonchev–Trinajstić information content (AvgIpc) is 1.83. The van der Waals surface area contributed by atoms with Crippen LogP contribution in [0.5, 0.6) is 0 Å². The summed E-state index contributed by atoms with van der Waals surface area (Å²) >= 11 is 0. The first-order valence-electron chi connectivity index (χ1n) is 3.06. The lowest BCUT2D eigenvalue weighted by Gasteiger charge is -2.08. The Morgan fingerprint density at radius 2 is 1.78 bits per heavy atom. The Morgan fingerprint density at radius 1 is 1.22 bits per heavy atom. The predicted molar refractivity (Wildman–Crippen MR) is 36.5 cm³/mol. The Labute approximate surface area is 55.0 Å². The van der Waals surface area contributed by atoms with Crippen LogP contribution >= 0.6 is 0 Å². The molecule has 0 aromatic carbocycles. The third-order valence-corrected chi connectivity index (χ3v) is 1.14. The maximum atomic E-state index is 8.58. The Kier molecular flexibility index (Phi) is 4.61. The van der Waals surface area contributed by atoms with E-state index in [1.165, 1.54) is 0 Å². The van der Waals surface area contributed by atoms with Gasteiger partial charge in [-0.2, -0.15) is 0 Å². The first kappa shape index (κ1) is 8.84. The molecule has 0 fully saturated rings. The molecular weight excluding hydrogens is 118 g/mol. The highest BCUT2D eigenvalue weighted by molar-refractivity contribution is 4.62. The molecule has 9 heavy (non-hydrogen) atoms. The molecule has 4 nitrogen and oxygen atoms in total. The largest absolute Gasteiger partial charge is 0.379 e. The number of aliphatic hydroxyl groups is 1. The molecule has 0 aromatic rings. The molecule has 0 rings (SSSR count). The fourth-order valence-corrected chi connectivity index (χ4v) is 0.503. The summed E-state index contributed by atoms with van der Waals surface area (Å²) in [5.74, 6) is 0. The molecule has 4 heteroatoms. The number of hydrogen-bond acceptors (Lipinski definition) is 4. The summed E-state index contributed by atoms with van der Waals surface area (Å²) in [5, 5.41) is 8.58. The summed E-state index contributed by atoms with van der Waals surface area (Å²) in [7, 11) is 0. The van der Waals surface area contributed by atoms with Crippen molar-refractivity contribution >= 4 is 0 Å². The van der Waals surface area contributed by atoms with Gasteiger partial charge in [0.1, 0.15) is 6.23 Å². The molecule has 1 unspecified atom stereocenters. The van der Waals surface area contributed by atoms with E-state index < -0.39 is 6.23 Å². The van der Waals surface area contributed by atoms with E-state index in [1.807, 2.05) is 0 Å². The van der Waals surface area contributed by atoms with Gasteiger partial charge in [-0.05, 0) is 12.8 Å². The van der Waals surface area contributed by atoms with E-state index in [0.717, 1.165) is 0 Å². The molecule has 7 N–H and O–H groups in total. The fourth-order valence-electron chi connectivity index (χ4n) is 0.503. The van der Waals surface area contributed by atoms with E-state index in [2.05, 4.69) is 0 Å². The van der Waals surface area contributed by atoms with Gasteiger partial charge in [-0.3, -0.25) is 0 Å². The number of hydrogen-bond donors (Lipinski definition) is 4. The van der Waals surface area contributed by atoms with Crippen molar-refractivity contribution in [1.29, 1.82) is 0 Å². The van der Waals surface area contributed by atoms with E-state index in [4.69, 9.17) is 22.3 Å². The van der Waals surface area contributed by atoms with Crippen molar-refractivity contribution in [3.05, 3.63) is 0 Å². The lowest BCUT2D eigenvalue weighted by Crippen LogP contribution is -2.32. The van der Waals surface area contributed by atoms with Crippen molar-refractivity contribution in [3.8, 4) is 0 Å². The minimum atomic E-state index is -0.748. The predicted octanol–water partition coefficient (Wildman–Crippen LogP) is -1.67. The van der Waals surface area contributed by atoms with E-state index in [9.17, 15) is 0 Å². The normalized spacial score (nSPS) is 17.3. The van der Waals surface area contributed by atoms with E-state index >= 15 is 0 Å². The molecule has 0 saturated carbocycles. The van der Waals surface area contributed by atoms with Crippen molar-refractivity contribution in [2.24, 2.45) is 17.2 Å². The van der Waals surface area contributed by atoms with Crippen LogP contribution in [0.15, 0.2) is 0 Å². The van der Waals surface area contributed by atoms with Gasteiger partial charge in [-0.1, -0.05) is 0 Å². The van der Waals surface area contributed by atoms with Gasteiger partial charge in [0.15, 0.2) is 0 Å². The molecule has 56 valence electrons. The van der Waals surface area contributed by atoms with Gasteiger partial charge in [0.25, 0.3) is 0 Å². The second-order valence-corrected chi connectivity index (χ2v) is 2.14. The van der Waals surface area contributed by atoms with Crippen LogP contribution < -0.4 is 17.2 Å². The molecule has 2 atom stereocenters. The smallest absolute Gasteiger partial charge is 0.102 e. The zero-order valence-electron chi connectivity index (χ0n) is 5.46. The topological polar surface area (TPSA) is 98.3 Å². The SMILES string of the molecule is NCC(N)CC[C@@H](N)O. The maximum Gasteiger partial charge on any atom is 0.102 e. The second kappa shape index (κ2) is 4.69. The van der Waals surface area contributed by atoms with Crippen LogP contribution in [-0.4, -0.2) is 23.9 Å². The van der Waals surface area contributed by atoms with Gasteiger partial charge >= 0.3 is 0 Å². The number of aliphatic hydroxyl groups excluding tert-OH is 1. The molecule has 0 spiro atoms. The zero-order valence-corrected chi connectivity index (χ0v) is 5.46. The Morgan fingerprint density at radius 3 is 2.11 bits per heavy atom. The highest BCUT2D eigenvalue weighted by Gasteiger charge is 2.01. The van der Waals surface area contributed by atoms with Crippen molar-refractivity contribution in [1.82, 2.24) is 0 Å². The molecule has 0 aliphatic rings. The Balaban J connectivity index is 3.06. The fraction of sp³-hybridized carbons (Fsp3) is 1.00. The van der Waals surface area contributed by atoms with Crippen molar-refractivity contribution in [2.75, 3.05) is 6.54 Å². The average molecular weight is 133 g/mol. The summed E-state index contributed by atoms with van der Waals surface area (Å²) in [6.07, 6.45) is 0.467. The quantitative estimate of drug-likeness (QED) is 0.345. The van der Waals surface area contributed by atoms with Gasteiger partial charge in [-0.15, -0.1) is 0 Å². The van der Waals surface area contributed by atoms with Gasteiger partial charge in [-0.25, -0.2) is 0 Å². The van der Waals surface area contributed by atoms with E-state index in [0.29, 0.717) is 19.4 Å². The molecule has 0 amide bonds. The van der Waals surface area contributed by atoms with Crippen molar-refractivity contribution in [3.63, 3.8) is 0 Å². The first-order valence-corrected chi connectivity index (χ1v) is 3.06. The lowest BCUT2D eigenvalue weighted by molar-refractivity contribution is 0.166. The molecule has 0 aliphatic heterocycles. The number of rotatable bonds is 4. The summed E-state index contributed by atoms with van der Waals surface area (Å²) in [5.41, 5.74) is 15.7. The van der Waals surface area contributed by atoms with Crippen LogP contribution in [0.3, 0.4) is 0 Å². The molecule has 0 bridgehead atoms. The van der Waals surface area contributed by atoms with Crippen molar-refractivity contribution in [2.45, 2.75) is 25.1 Å². The van der Waals surface area contributed by atoms with E-state index in [-0.39, 0.29) is 6.04 Å². The molecule has 0 radical (unpaired) electrons. The summed E-state index contributed by atoms with van der Waals surface area (Å²) in [4.78, 5) is 0.